The van der Waals surface area contributed by atoms with Crippen molar-refractivity contribution in [3.63, 3.8) is 0 Å². The van der Waals surface area contributed by atoms with E-state index in [1.165, 1.54) is 32.0 Å². The number of hydrogen-bond acceptors (Lipinski definition) is 5. The van der Waals surface area contributed by atoms with E-state index in [1.54, 1.807) is 30.3 Å². The van der Waals surface area contributed by atoms with Crippen LogP contribution in [0.4, 0.5) is 15.8 Å². The summed E-state index contributed by atoms with van der Waals surface area (Å²) in [5, 5.41) is 5.18. The fourth-order valence-electron chi connectivity index (χ4n) is 2.07. The average molecular weight is 374 g/mol. The van der Waals surface area contributed by atoms with Crippen molar-refractivity contribution in [3.05, 3.63) is 54.3 Å². The van der Waals surface area contributed by atoms with E-state index in [0.29, 0.717) is 11.4 Å². The van der Waals surface area contributed by atoms with Crippen LogP contribution < -0.4 is 15.4 Å². The van der Waals surface area contributed by atoms with Gasteiger partial charge in [0.1, 0.15) is 0 Å². The summed E-state index contributed by atoms with van der Waals surface area (Å²) in [7, 11) is 0. The fourth-order valence-corrected chi connectivity index (χ4v) is 2.07. The first-order valence-electron chi connectivity index (χ1n) is 8.10. The monoisotopic (exact) mass is 374 g/mol. The van der Waals surface area contributed by atoms with E-state index in [1.807, 2.05) is 0 Å². The van der Waals surface area contributed by atoms with E-state index in [2.05, 4.69) is 10.6 Å². The maximum absolute atomic E-state index is 13.4. The first-order valence-corrected chi connectivity index (χ1v) is 8.10. The van der Waals surface area contributed by atoms with Gasteiger partial charge in [-0.25, -0.2) is 9.18 Å². The largest absolute Gasteiger partial charge is 0.479 e. The number of amides is 2. The van der Waals surface area contributed by atoms with Crippen LogP contribution in [0.25, 0.3) is 0 Å². The van der Waals surface area contributed by atoms with Gasteiger partial charge >= 0.3 is 5.97 Å². The SMILES string of the molecule is CC(=O)Nc1ccc(NC(=O)[C@H](C)OC(=O)COc2ccccc2F)cc1. The molecular weight excluding hydrogens is 355 g/mol. The summed E-state index contributed by atoms with van der Waals surface area (Å²) in [5.74, 6) is -2.22. The molecule has 0 fully saturated rings. The Morgan fingerprint density at radius 1 is 1.00 bits per heavy atom. The van der Waals surface area contributed by atoms with Crippen molar-refractivity contribution >= 4 is 29.2 Å². The molecule has 0 saturated carbocycles. The number of anilines is 2. The Hall–Kier alpha value is -3.42. The standard InChI is InChI=1S/C19H19FN2O5/c1-12(27-18(24)11-26-17-6-4-3-5-16(17)20)19(25)22-15-9-7-14(8-10-15)21-13(2)23/h3-10,12H,11H2,1-2H3,(H,21,23)(H,22,25)/t12-/m0/s1. The van der Waals surface area contributed by atoms with Gasteiger partial charge in [-0.05, 0) is 43.3 Å². The quantitative estimate of drug-likeness (QED) is 0.727. The average Bonchev–Trinajstić information content (AvgIpc) is 2.62. The van der Waals surface area contributed by atoms with Crippen LogP contribution in [0.5, 0.6) is 5.75 Å². The molecule has 0 spiro atoms. The van der Waals surface area contributed by atoms with Crippen molar-refractivity contribution in [2.75, 3.05) is 17.2 Å². The molecular formula is C19H19FN2O5. The lowest BCUT2D eigenvalue weighted by atomic mass is 10.2. The van der Waals surface area contributed by atoms with Crippen LogP contribution in [-0.2, 0) is 19.1 Å². The van der Waals surface area contributed by atoms with Gasteiger partial charge in [-0.15, -0.1) is 0 Å². The molecule has 0 aliphatic heterocycles. The van der Waals surface area contributed by atoms with E-state index >= 15 is 0 Å². The van der Waals surface area contributed by atoms with Gasteiger partial charge in [0.25, 0.3) is 5.91 Å². The zero-order valence-corrected chi connectivity index (χ0v) is 14.8. The van der Waals surface area contributed by atoms with Crippen LogP contribution in [-0.4, -0.2) is 30.5 Å². The second kappa shape index (κ2) is 9.33. The van der Waals surface area contributed by atoms with Gasteiger partial charge in [-0.2, -0.15) is 0 Å². The fraction of sp³-hybridized carbons (Fsp3) is 0.211. The normalized spacial score (nSPS) is 11.2. The highest BCUT2D eigenvalue weighted by Crippen LogP contribution is 2.16. The maximum Gasteiger partial charge on any atom is 0.344 e. The third kappa shape index (κ3) is 6.43. The minimum Gasteiger partial charge on any atom is -0.479 e. The van der Waals surface area contributed by atoms with E-state index in [4.69, 9.17) is 9.47 Å². The number of nitrogens with one attached hydrogen (secondary N) is 2. The van der Waals surface area contributed by atoms with Gasteiger partial charge in [0, 0.05) is 18.3 Å². The summed E-state index contributed by atoms with van der Waals surface area (Å²) < 4.78 is 23.4. The second-order valence-electron chi connectivity index (χ2n) is 5.60. The number of benzene rings is 2. The molecule has 0 radical (unpaired) electrons. The molecule has 0 aromatic heterocycles. The number of ether oxygens (including phenoxy) is 2. The summed E-state index contributed by atoms with van der Waals surface area (Å²) in [5.41, 5.74) is 1.06. The maximum atomic E-state index is 13.4. The van der Waals surface area contributed by atoms with Gasteiger partial charge in [0.15, 0.2) is 24.3 Å². The lowest BCUT2D eigenvalue weighted by molar-refractivity contribution is -0.155. The molecule has 0 saturated heterocycles. The van der Waals surface area contributed by atoms with Gasteiger partial charge < -0.3 is 20.1 Å². The Morgan fingerprint density at radius 3 is 2.19 bits per heavy atom. The van der Waals surface area contributed by atoms with Crippen molar-refractivity contribution in [1.29, 1.82) is 0 Å². The van der Waals surface area contributed by atoms with Crippen LogP contribution in [0.2, 0.25) is 0 Å². The lowest BCUT2D eigenvalue weighted by Crippen LogP contribution is -2.31. The Balaban J connectivity index is 1.81. The number of esters is 1. The van der Waals surface area contributed by atoms with Crippen LogP contribution in [0, 0.1) is 5.82 Å². The van der Waals surface area contributed by atoms with Crippen molar-refractivity contribution in [1.82, 2.24) is 0 Å². The first-order chi connectivity index (χ1) is 12.8. The summed E-state index contributed by atoms with van der Waals surface area (Å²) in [6.07, 6.45) is -1.07. The van der Waals surface area contributed by atoms with E-state index < -0.39 is 30.4 Å². The number of halogens is 1. The molecule has 0 heterocycles. The van der Waals surface area contributed by atoms with Gasteiger partial charge in [0.05, 0.1) is 0 Å². The summed E-state index contributed by atoms with van der Waals surface area (Å²) in [4.78, 5) is 34.8. The molecule has 2 amide bonds. The van der Waals surface area contributed by atoms with Crippen LogP contribution in [0.15, 0.2) is 48.5 Å². The van der Waals surface area contributed by atoms with Crippen molar-refractivity contribution in [3.8, 4) is 5.75 Å². The molecule has 2 aromatic carbocycles. The van der Waals surface area contributed by atoms with Crippen molar-refractivity contribution < 1.29 is 28.2 Å². The van der Waals surface area contributed by atoms with E-state index in [-0.39, 0.29) is 11.7 Å². The summed E-state index contributed by atoms with van der Waals surface area (Å²) in [6.45, 7) is 2.27. The Kier molecular flexibility index (Phi) is 6.87. The molecule has 2 aromatic rings. The van der Waals surface area contributed by atoms with Gasteiger partial charge in [-0.3, -0.25) is 9.59 Å². The molecule has 8 heteroatoms. The van der Waals surface area contributed by atoms with Crippen LogP contribution in [0.1, 0.15) is 13.8 Å². The molecule has 2 rings (SSSR count). The first kappa shape index (κ1) is 19.9. The minimum absolute atomic E-state index is 0.0779. The van der Waals surface area contributed by atoms with E-state index in [0.717, 1.165) is 0 Å². The number of carbonyl (C=O) groups excluding carboxylic acids is 3. The molecule has 142 valence electrons. The summed E-state index contributed by atoms with van der Waals surface area (Å²) >= 11 is 0. The lowest BCUT2D eigenvalue weighted by Gasteiger charge is -2.14. The third-order valence-corrected chi connectivity index (χ3v) is 3.33. The molecule has 2 N–H and O–H groups in total. The molecule has 27 heavy (non-hydrogen) atoms. The number of hydrogen-bond donors (Lipinski definition) is 2. The number of para-hydroxylation sites is 1. The van der Waals surface area contributed by atoms with Crippen molar-refractivity contribution in [2.45, 2.75) is 20.0 Å². The summed E-state index contributed by atoms with van der Waals surface area (Å²) in [6, 6.07) is 12.1. The van der Waals surface area contributed by atoms with E-state index in [9.17, 15) is 18.8 Å². The van der Waals surface area contributed by atoms with Gasteiger partial charge in [0.2, 0.25) is 5.91 Å². The number of rotatable bonds is 7. The Bertz CT molecular complexity index is 823. The molecule has 0 bridgehead atoms. The third-order valence-electron chi connectivity index (χ3n) is 3.33. The Labute approximate surface area is 155 Å². The number of carbonyl (C=O) groups is 3. The van der Waals surface area contributed by atoms with Gasteiger partial charge in [-0.1, -0.05) is 12.1 Å². The predicted octanol–water partition coefficient (Wildman–Crippen LogP) is 2.73. The molecule has 1 atom stereocenters. The predicted molar refractivity (Wildman–Crippen MR) is 96.8 cm³/mol. The second-order valence-corrected chi connectivity index (χ2v) is 5.60. The highest BCUT2D eigenvalue weighted by molar-refractivity contribution is 5.95. The minimum atomic E-state index is -1.07. The zero-order chi connectivity index (χ0) is 19.8. The van der Waals surface area contributed by atoms with Crippen molar-refractivity contribution in [2.24, 2.45) is 0 Å². The molecule has 0 unspecified atom stereocenters. The highest BCUT2D eigenvalue weighted by Gasteiger charge is 2.18. The highest BCUT2D eigenvalue weighted by atomic mass is 19.1. The topological polar surface area (TPSA) is 93.7 Å². The van der Waals surface area contributed by atoms with Crippen LogP contribution in [0.3, 0.4) is 0 Å². The Morgan fingerprint density at radius 2 is 1.59 bits per heavy atom. The van der Waals surface area contributed by atoms with Crippen LogP contribution >= 0.6 is 0 Å². The molecule has 0 aliphatic rings. The molecule has 7 nitrogen and oxygen atoms in total. The smallest absolute Gasteiger partial charge is 0.344 e. The zero-order valence-electron chi connectivity index (χ0n) is 14.8. The molecule has 0 aliphatic carbocycles.